The van der Waals surface area contributed by atoms with Crippen LogP contribution in [0.2, 0.25) is 0 Å². The molecule has 0 spiro atoms. The molecule has 4 fully saturated rings. The normalized spacial score (nSPS) is 21.9. The van der Waals surface area contributed by atoms with Gasteiger partial charge in [0.05, 0.1) is 17.0 Å². The summed E-state index contributed by atoms with van der Waals surface area (Å²) in [6.45, 7) is 13.1. The van der Waals surface area contributed by atoms with E-state index in [1.807, 2.05) is 12.1 Å². The van der Waals surface area contributed by atoms with Crippen LogP contribution in [0.4, 0.5) is 13.9 Å². The Morgan fingerprint density at radius 2 is 1.43 bits per heavy atom. The number of carbonyl (C=O) groups excluding carboxylic acids is 1. The number of nitrogens with one attached hydrogen (secondary N) is 2. The Kier molecular flexibility index (Phi) is 17.3. The van der Waals surface area contributed by atoms with Crippen molar-refractivity contribution in [2.75, 3.05) is 76.9 Å². The van der Waals surface area contributed by atoms with Gasteiger partial charge >= 0.3 is 0 Å². The molecule has 3 aromatic rings. The highest BCUT2D eigenvalue weighted by Gasteiger charge is 2.43. The average Bonchev–Trinajstić information content (AvgIpc) is 4.02. The summed E-state index contributed by atoms with van der Waals surface area (Å²) in [5.74, 6) is -0.694. The van der Waals surface area contributed by atoms with E-state index in [9.17, 15) is 13.6 Å². The third kappa shape index (κ3) is 11.0. The van der Waals surface area contributed by atoms with E-state index < -0.39 is 5.41 Å². The second-order valence-electron chi connectivity index (χ2n) is 14.9. The summed E-state index contributed by atoms with van der Waals surface area (Å²) in [5.41, 5.74) is 6.35. The number of hydrogen-bond donors (Lipinski definition) is 3. The Balaban J connectivity index is 0.000000177. The van der Waals surface area contributed by atoms with Gasteiger partial charge in [0.15, 0.2) is 16.0 Å². The molecule has 2 atom stereocenters. The van der Waals surface area contributed by atoms with Crippen molar-refractivity contribution in [3.63, 3.8) is 0 Å². The summed E-state index contributed by atoms with van der Waals surface area (Å²) < 4.78 is 39.4. The van der Waals surface area contributed by atoms with Gasteiger partial charge in [-0.2, -0.15) is 0 Å². The lowest BCUT2D eigenvalue weighted by Gasteiger charge is -2.36. The number of benzene rings is 2. The maximum Gasteiger partial charge on any atom is 0.182 e. The standard InChI is InChI=1S/C21H28FN3OS.C13H14ClFO2.C8H17N3S/c1-2-25-11-5-6-16(25)14-23-20-24-19(15-27-20)21(9-12-26-13-10-21)17-7-3-4-8-18(17)22;14-9-12(16)13(5-7-17-8-6-13)10-3-1-2-4-11(10)15;1-2-11-5-3-4-7(11)6-10-8(9)12/h3-4,7-8,15-16H,2,5-6,9-14H2,1H3,(H,23,24);1-4H,5-9H2;7H,2-6H2,1H3,(H3,9,10,12). The molecule has 308 valence electrons. The summed E-state index contributed by atoms with van der Waals surface area (Å²) in [5, 5.41) is 10.0. The van der Waals surface area contributed by atoms with Gasteiger partial charge in [0.25, 0.3) is 0 Å². The van der Waals surface area contributed by atoms with Gasteiger partial charge in [-0.25, -0.2) is 13.8 Å². The number of anilines is 1. The van der Waals surface area contributed by atoms with Crippen molar-refractivity contribution < 1.29 is 23.0 Å². The molecule has 4 N–H and O–H groups in total. The van der Waals surface area contributed by atoms with Gasteiger partial charge in [0.2, 0.25) is 0 Å². The molecule has 0 saturated carbocycles. The highest BCUT2D eigenvalue weighted by molar-refractivity contribution is 7.80. The third-order valence-electron chi connectivity index (χ3n) is 11.9. The summed E-state index contributed by atoms with van der Waals surface area (Å²) in [4.78, 5) is 22.0. The van der Waals surface area contributed by atoms with Crippen LogP contribution in [0.15, 0.2) is 53.9 Å². The SMILES string of the molecule is CCN1CCCC1CNC(N)=S.CCN1CCCC1CNc1nc(C2(c3ccccc3F)CCOCC2)cs1.O=C(CCl)C1(c2ccccc2F)CCOCC1. The minimum absolute atomic E-state index is 0.0890. The van der Waals surface area contributed by atoms with Gasteiger partial charge in [-0.3, -0.25) is 14.6 Å². The van der Waals surface area contributed by atoms with Crippen LogP contribution in [0.5, 0.6) is 0 Å². The number of rotatable bonds is 12. The van der Waals surface area contributed by atoms with Crippen molar-refractivity contribution in [3.8, 4) is 0 Å². The van der Waals surface area contributed by atoms with Gasteiger partial charge in [-0.15, -0.1) is 22.9 Å². The first kappa shape index (κ1) is 44.3. The predicted molar refractivity (Wildman–Crippen MR) is 227 cm³/mol. The maximum absolute atomic E-state index is 14.7. The molecule has 4 saturated heterocycles. The number of hydrogen-bond acceptors (Lipinski definition) is 9. The van der Waals surface area contributed by atoms with E-state index in [2.05, 4.69) is 39.7 Å². The molecular weight excluding hydrogens is 774 g/mol. The van der Waals surface area contributed by atoms with Gasteiger partial charge in [-0.05, 0) is 102 Å². The molecule has 1 aromatic heterocycles. The fourth-order valence-corrected chi connectivity index (χ4v) is 9.87. The number of ketones is 1. The Labute approximate surface area is 346 Å². The number of nitrogens with zero attached hydrogens (tertiary/aromatic N) is 3. The maximum atomic E-state index is 14.7. The number of halogens is 3. The van der Waals surface area contributed by atoms with Crippen LogP contribution in [0.3, 0.4) is 0 Å². The minimum atomic E-state index is -0.800. The summed E-state index contributed by atoms with van der Waals surface area (Å²) in [6, 6.07) is 14.8. The van der Waals surface area contributed by atoms with Crippen LogP contribution in [-0.2, 0) is 25.1 Å². The molecule has 0 radical (unpaired) electrons. The number of alkyl halides is 1. The zero-order valence-electron chi connectivity index (χ0n) is 32.9. The van der Waals surface area contributed by atoms with E-state index in [1.54, 1.807) is 41.7 Å². The second-order valence-corrected chi connectivity index (χ2v) is 16.5. The van der Waals surface area contributed by atoms with Crippen LogP contribution in [0.1, 0.15) is 82.0 Å². The zero-order valence-corrected chi connectivity index (χ0v) is 35.3. The van der Waals surface area contributed by atoms with Gasteiger partial charge in [0, 0.05) is 73.5 Å². The van der Waals surface area contributed by atoms with E-state index in [4.69, 9.17) is 44.0 Å². The summed E-state index contributed by atoms with van der Waals surface area (Å²) in [7, 11) is 0. The van der Waals surface area contributed by atoms with Crippen LogP contribution in [0.25, 0.3) is 0 Å². The number of likely N-dealkylation sites (N-methyl/N-ethyl adjacent to an activating group) is 2. The first-order valence-electron chi connectivity index (χ1n) is 20.1. The highest BCUT2D eigenvalue weighted by atomic mass is 35.5. The van der Waals surface area contributed by atoms with E-state index in [0.29, 0.717) is 62.0 Å². The van der Waals surface area contributed by atoms with Crippen molar-refractivity contribution in [2.45, 2.75) is 88.1 Å². The summed E-state index contributed by atoms with van der Waals surface area (Å²) in [6.07, 6.45) is 7.63. The molecule has 7 rings (SSSR count). The first-order valence-corrected chi connectivity index (χ1v) is 22.0. The molecule has 14 heteroatoms. The first-order chi connectivity index (χ1) is 27.2. The molecule has 4 aliphatic rings. The second kappa shape index (κ2) is 21.8. The van der Waals surface area contributed by atoms with Crippen LogP contribution in [-0.4, -0.2) is 109 Å². The van der Waals surface area contributed by atoms with Crippen molar-refractivity contribution >= 4 is 51.2 Å². The van der Waals surface area contributed by atoms with Gasteiger partial charge in [-0.1, -0.05) is 50.2 Å². The lowest BCUT2D eigenvalue weighted by atomic mass is 9.71. The largest absolute Gasteiger partial charge is 0.381 e. The fraction of sp³-hybridized carbons (Fsp3) is 0.595. The van der Waals surface area contributed by atoms with Gasteiger partial charge in [0.1, 0.15) is 11.6 Å². The topological polar surface area (TPSA) is 105 Å². The molecular formula is C42H59ClF2N6O3S2. The molecule has 5 heterocycles. The van der Waals surface area contributed by atoms with Crippen molar-refractivity contribution in [1.29, 1.82) is 0 Å². The van der Waals surface area contributed by atoms with Gasteiger partial charge < -0.3 is 25.8 Å². The highest BCUT2D eigenvalue weighted by Crippen LogP contribution is 2.43. The number of aromatic nitrogens is 1. The minimum Gasteiger partial charge on any atom is -0.381 e. The monoisotopic (exact) mass is 832 g/mol. The van der Waals surface area contributed by atoms with E-state index in [-0.39, 0.29) is 28.7 Å². The number of thiazole rings is 1. The lowest BCUT2D eigenvalue weighted by molar-refractivity contribution is -0.125. The van der Waals surface area contributed by atoms with E-state index in [1.165, 1.54) is 44.8 Å². The zero-order chi connectivity index (χ0) is 40.0. The predicted octanol–water partition coefficient (Wildman–Crippen LogP) is 7.26. The average molecular weight is 834 g/mol. The summed E-state index contributed by atoms with van der Waals surface area (Å²) >= 11 is 12.0. The molecule has 0 amide bonds. The Morgan fingerprint density at radius 3 is 1.96 bits per heavy atom. The van der Waals surface area contributed by atoms with E-state index in [0.717, 1.165) is 55.4 Å². The van der Waals surface area contributed by atoms with Crippen LogP contribution in [0, 0.1) is 11.6 Å². The number of thiocarbonyl (C=S) groups is 1. The van der Waals surface area contributed by atoms with Crippen LogP contribution < -0.4 is 16.4 Å². The Morgan fingerprint density at radius 1 is 0.893 bits per heavy atom. The molecule has 0 aliphatic carbocycles. The van der Waals surface area contributed by atoms with Crippen molar-refractivity contribution in [1.82, 2.24) is 20.1 Å². The third-order valence-corrected chi connectivity index (χ3v) is 13.1. The molecule has 9 nitrogen and oxygen atoms in total. The molecule has 56 heavy (non-hydrogen) atoms. The molecule has 2 aromatic carbocycles. The van der Waals surface area contributed by atoms with Crippen LogP contribution >= 0.6 is 35.2 Å². The molecule has 0 bridgehead atoms. The van der Waals surface area contributed by atoms with Crippen molar-refractivity contribution in [3.05, 3.63) is 82.4 Å². The van der Waals surface area contributed by atoms with Crippen molar-refractivity contribution in [2.24, 2.45) is 5.73 Å². The molecule has 2 unspecified atom stereocenters. The van der Waals surface area contributed by atoms with E-state index >= 15 is 0 Å². The number of ether oxygens (including phenoxy) is 2. The number of carbonyl (C=O) groups is 1. The number of nitrogens with two attached hydrogens (primary N) is 1. The fourth-order valence-electron chi connectivity index (χ4n) is 8.71. The Bertz CT molecular complexity index is 1690. The Hall–Kier alpha value is -2.78. The number of likely N-dealkylation sites (tertiary alicyclic amines) is 2. The quantitative estimate of drug-likeness (QED) is 0.128. The lowest BCUT2D eigenvalue weighted by Crippen LogP contribution is -2.42. The smallest absolute Gasteiger partial charge is 0.182 e. The number of Topliss-reactive ketones (excluding diaryl/α,β-unsaturated/α-hetero) is 1. The molecule has 4 aliphatic heterocycles.